The van der Waals surface area contributed by atoms with Crippen molar-refractivity contribution in [3.05, 3.63) is 45.8 Å². The van der Waals surface area contributed by atoms with Crippen LogP contribution in [-0.4, -0.2) is 44.3 Å². The molecular formula is C23H27N3O5S2. The number of nitrogens with one attached hydrogen (secondary N) is 1. The van der Waals surface area contributed by atoms with Gasteiger partial charge in [-0.25, -0.2) is 13.2 Å². The van der Waals surface area contributed by atoms with E-state index in [1.807, 2.05) is 6.07 Å². The third kappa shape index (κ3) is 5.27. The number of rotatable bonds is 7. The molecule has 1 fully saturated rings. The van der Waals surface area contributed by atoms with Gasteiger partial charge in [0.05, 0.1) is 17.1 Å². The fraction of sp³-hybridized carbons (Fsp3) is 0.435. The first-order valence-electron chi connectivity index (χ1n) is 10.8. The lowest BCUT2D eigenvalue weighted by Crippen LogP contribution is -2.38. The molecule has 0 atom stereocenters. The first kappa shape index (κ1) is 24.9. The van der Waals surface area contributed by atoms with E-state index in [2.05, 4.69) is 5.32 Å². The first-order valence-corrected chi connectivity index (χ1v) is 13.1. The first-order chi connectivity index (χ1) is 15.7. The number of amides is 1. The SMILES string of the molecule is CCOC(=O)c1sc(NC(=O)c2ccc(S(=O)(=O)N(C)C3CCCCC3)cc2)c(C#N)c1C. The van der Waals surface area contributed by atoms with Crippen molar-refractivity contribution in [2.45, 2.75) is 56.9 Å². The van der Waals surface area contributed by atoms with Crippen molar-refractivity contribution in [2.24, 2.45) is 0 Å². The summed E-state index contributed by atoms with van der Waals surface area (Å²) in [5, 5.41) is 12.4. The molecule has 10 heteroatoms. The fourth-order valence-electron chi connectivity index (χ4n) is 3.89. The summed E-state index contributed by atoms with van der Waals surface area (Å²) in [6.07, 6.45) is 4.88. The number of anilines is 1. The molecule has 0 aliphatic heterocycles. The molecule has 0 unspecified atom stereocenters. The Morgan fingerprint density at radius 1 is 1.21 bits per heavy atom. The Kier molecular flexibility index (Phi) is 7.89. The highest BCUT2D eigenvalue weighted by molar-refractivity contribution is 7.89. The minimum absolute atomic E-state index is 0.00760. The van der Waals surface area contributed by atoms with E-state index in [0.29, 0.717) is 5.56 Å². The zero-order valence-electron chi connectivity index (χ0n) is 18.9. The second-order valence-electron chi connectivity index (χ2n) is 7.88. The number of carbonyl (C=O) groups excluding carboxylic acids is 2. The highest BCUT2D eigenvalue weighted by Gasteiger charge is 2.29. The molecule has 1 amide bonds. The molecule has 33 heavy (non-hydrogen) atoms. The van der Waals surface area contributed by atoms with Crippen LogP contribution < -0.4 is 5.32 Å². The molecule has 1 aromatic heterocycles. The van der Waals surface area contributed by atoms with E-state index in [1.165, 1.54) is 28.6 Å². The van der Waals surface area contributed by atoms with Crippen LogP contribution in [0.1, 0.15) is 70.2 Å². The average Bonchev–Trinajstić information content (AvgIpc) is 3.14. The second kappa shape index (κ2) is 10.5. The molecule has 1 heterocycles. The molecule has 1 N–H and O–H groups in total. The van der Waals surface area contributed by atoms with Gasteiger partial charge in [-0.3, -0.25) is 4.79 Å². The lowest BCUT2D eigenvalue weighted by atomic mass is 9.96. The van der Waals surface area contributed by atoms with Crippen LogP contribution >= 0.6 is 11.3 Å². The van der Waals surface area contributed by atoms with Gasteiger partial charge in [0.2, 0.25) is 10.0 Å². The van der Waals surface area contributed by atoms with Gasteiger partial charge in [-0.15, -0.1) is 11.3 Å². The highest BCUT2D eigenvalue weighted by atomic mass is 32.2. The van der Waals surface area contributed by atoms with Crippen LogP contribution in [0.4, 0.5) is 5.00 Å². The molecule has 0 saturated heterocycles. The van der Waals surface area contributed by atoms with Crippen molar-refractivity contribution in [1.29, 1.82) is 5.26 Å². The van der Waals surface area contributed by atoms with Crippen molar-refractivity contribution in [2.75, 3.05) is 19.0 Å². The number of benzene rings is 1. The van der Waals surface area contributed by atoms with E-state index in [0.717, 1.165) is 43.4 Å². The van der Waals surface area contributed by atoms with Gasteiger partial charge in [-0.05, 0) is 56.5 Å². The van der Waals surface area contributed by atoms with Crippen LogP contribution in [0.15, 0.2) is 29.2 Å². The largest absolute Gasteiger partial charge is 0.462 e. The van der Waals surface area contributed by atoms with E-state index in [-0.39, 0.29) is 38.5 Å². The molecule has 176 valence electrons. The van der Waals surface area contributed by atoms with Crippen LogP contribution in [0.3, 0.4) is 0 Å². The summed E-state index contributed by atoms with van der Waals surface area (Å²) in [7, 11) is -2.05. The summed E-state index contributed by atoms with van der Waals surface area (Å²) in [5.74, 6) is -1.05. The number of nitriles is 1. The molecule has 0 spiro atoms. The third-order valence-corrected chi connectivity index (χ3v) is 8.94. The monoisotopic (exact) mass is 489 g/mol. The molecule has 1 aliphatic rings. The van der Waals surface area contributed by atoms with Crippen LogP contribution in [0.5, 0.6) is 0 Å². The normalized spacial score (nSPS) is 14.6. The number of sulfonamides is 1. The van der Waals surface area contributed by atoms with Gasteiger partial charge in [-0.2, -0.15) is 9.57 Å². The summed E-state index contributed by atoms with van der Waals surface area (Å²) in [6.45, 7) is 3.51. The maximum Gasteiger partial charge on any atom is 0.348 e. The van der Waals surface area contributed by atoms with Crippen LogP contribution in [0.25, 0.3) is 0 Å². The van der Waals surface area contributed by atoms with E-state index in [1.54, 1.807) is 20.9 Å². The van der Waals surface area contributed by atoms with Crippen molar-refractivity contribution >= 4 is 38.2 Å². The Morgan fingerprint density at radius 3 is 2.42 bits per heavy atom. The van der Waals surface area contributed by atoms with Crippen molar-refractivity contribution in [1.82, 2.24) is 4.31 Å². The highest BCUT2D eigenvalue weighted by Crippen LogP contribution is 2.33. The van der Waals surface area contributed by atoms with Gasteiger partial charge >= 0.3 is 5.97 Å². The Balaban J connectivity index is 1.78. The van der Waals surface area contributed by atoms with E-state index in [9.17, 15) is 23.3 Å². The zero-order chi connectivity index (χ0) is 24.2. The molecule has 1 saturated carbocycles. The van der Waals surface area contributed by atoms with Crippen molar-refractivity contribution in [3.63, 3.8) is 0 Å². The number of ether oxygens (including phenoxy) is 1. The predicted octanol–water partition coefficient (Wildman–Crippen LogP) is 4.31. The van der Waals surface area contributed by atoms with Gasteiger partial charge in [0.1, 0.15) is 15.9 Å². The van der Waals surface area contributed by atoms with Crippen LogP contribution in [0, 0.1) is 18.3 Å². The molecule has 0 radical (unpaired) electrons. The summed E-state index contributed by atoms with van der Waals surface area (Å²) in [6, 6.07) is 7.72. The molecule has 2 aromatic rings. The van der Waals surface area contributed by atoms with E-state index in [4.69, 9.17) is 4.74 Å². The lowest BCUT2D eigenvalue weighted by molar-refractivity contribution is 0.0531. The van der Waals surface area contributed by atoms with Crippen LogP contribution in [0.2, 0.25) is 0 Å². The summed E-state index contributed by atoms with van der Waals surface area (Å²) < 4.78 is 32.4. The topological polar surface area (TPSA) is 117 Å². The maximum atomic E-state index is 13.0. The van der Waals surface area contributed by atoms with Gasteiger partial charge in [0.25, 0.3) is 5.91 Å². The lowest BCUT2D eigenvalue weighted by Gasteiger charge is -2.30. The number of esters is 1. The van der Waals surface area contributed by atoms with Gasteiger partial charge in [0.15, 0.2) is 0 Å². The summed E-state index contributed by atoms with van der Waals surface area (Å²) >= 11 is 0.977. The molecular weight excluding hydrogens is 462 g/mol. The fourth-order valence-corrected chi connectivity index (χ4v) is 6.35. The number of hydrogen-bond acceptors (Lipinski definition) is 7. The minimum atomic E-state index is -3.66. The average molecular weight is 490 g/mol. The summed E-state index contributed by atoms with van der Waals surface area (Å²) in [5.41, 5.74) is 0.884. The smallest absolute Gasteiger partial charge is 0.348 e. The third-order valence-electron chi connectivity index (χ3n) is 5.83. The van der Waals surface area contributed by atoms with Crippen molar-refractivity contribution < 1.29 is 22.7 Å². The van der Waals surface area contributed by atoms with Gasteiger partial charge in [0, 0.05) is 18.7 Å². The Labute approximate surface area is 198 Å². The van der Waals surface area contributed by atoms with E-state index < -0.39 is 21.9 Å². The van der Waals surface area contributed by atoms with Gasteiger partial charge in [-0.1, -0.05) is 19.3 Å². The quantitative estimate of drug-likeness (QED) is 0.579. The van der Waals surface area contributed by atoms with Crippen LogP contribution in [-0.2, 0) is 14.8 Å². The number of carbonyl (C=O) groups is 2. The Bertz CT molecular complexity index is 1170. The molecule has 1 aromatic carbocycles. The number of nitrogens with zero attached hydrogens (tertiary/aromatic N) is 2. The molecule has 0 bridgehead atoms. The maximum absolute atomic E-state index is 13.0. The van der Waals surface area contributed by atoms with Crippen molar-refractivity contribution in [3.8, 4) is 6.07 Å². The molecule has 3 rings (SSSR count). The van der Waals surface area contributed by atoms with E-state index >= 15 is 0 Å². The second-order valence-corrected chi connectivity index (χ2v) is 10.9. The zero-order valence-corrected chi connectivity index (χ0v) is 20.5. The molecule has 1 aliphatic carbocycles. The number of hydrogen-bond donors (Lipinski definition) is 1. The standard InChI is InChI=1S/C23H27N3O5S2/c1-4-31-23(28)20-15(2)19(14-24)22(32-20)25-21(27)16-10-12-18(13-11-16)33(29,30)26(3)17-8-6-5-7-9-17/h10-13,17H,4-9H2,1-3H3,(H,25,27). The Hall–Kier alpha value is -2.74. The minimum Gasteiger partial charge on any atom is -0.462 e. The number of thiophene rings is 1. The molecule has 8 nitrogen and oxygen atoms in total. The Morgan fingerprint density at radius 2 is 1.85 bits per heavy atom. The van der Waals surface area contributed by atoms with Gasteiger partial charge < -0.3 is 10.1 Å². The summed E-state index contributed by atoms with van der Waals surface area (Å²) in [4.78, 5) is 25.2. The predicted molar refractivity (Wildman–Crippen MR) is 126 cm³/mol.